The lowest BCUT2D eigenvalue weighted by molar-refractivity contribution is 0.215. The van der Waals surface area contributed by atoms with Crippen LogP contribution >= 0.6 is 27.3 Å². The van der Waals surface area contributed by atoms with Gasteiger partial charge in [-0.25, -0.2) is 0 Å². The largest absolute Gasteiger partial charge is 0.396 e. The molecule has 78 valence electrons. The van der Waals surface area contributed by atoms with E-state index in [4.69, 9.17) is 0 Å². The molecule has 1 aliphatic rings. The fourth-order valence-electron chi connectivity index (χ4n) is 1.63. The number of anilines is 1. The highest BCUT2D eigenvalue weighted by molar-refractivity contribution is 9.11. The fourth-order valence-corrected chi connectivity index (χ4v) is 2.96. The summed E-state index contributed by atoms with van der Waals surface area (Å²) in [6.45, 7) is 1.29. The van der Waals surface area contributed by atoms with Gasteiger partial charge in [-0.1, -0.05) is 0 Å². The predicted octanol–water partition coefficient (Wildman–Crippen LogP) is 2.72. The van der Waals surface area contributed by atoms with Gasteiger partial charge in [0, 0.05) is 19.0 Å². The van der Waals surface area contributed by atoms with Crippen LogP contribution in [-0.4, -0.2) is 25.3 Å². The first-order valence-electron chi connectivity index (χ1n) is 4.73. The maximum Gasteiger partial charge on any atom is 0.0917 e. The van der Waals surface area contributed by atoms with Crippen LogP contribution in [-0.2, 0) is 0 Å². The van der Waals surface area contributed by atoms with E-state index >= 15 is 0 Å². The number of aliphatic hydroxyl groups is 1. The van der Waals surface area contributed by atoms with E-state index in [0.29, 0.717) is 6.61 Å². The minimum Gasteiger partial charge on any atom is -0.396 e. The lowest BCUT2D eigenvalue weighted by atomic mass is 10.1. The van der Waals surface area contributed by atoms with Crippen molar-refractivity contribution < 1.29 is 5.11 Å². The van der Waals surface area contributed by atoms with Gasteiger partial charge in [0.15, 0.2) is 0 Å². The molecule has 1 heterocycles. The molecule has 1 aliphatic carbocycles. The molecule has 0 radical (unpaired) electrons. The van der Waals surface area contributed by atoms with Crippen molar-refractivity contribution in [2.24, 2.45) is 5.41 Å². The van der Waals surface area contributed by atoms with Crippen LogP contribution in [0.3, 0.4) is 0 Å². The molecule has 0 amide bonds. The molecule has 1 aromatic heterocycles. The zero-order valence-electron chi connectivity index (χ0n) is 8.16. The Morgan fingerprint density at radius 3 is 2.71 bits per heavy atom. The first kappa shape index (κ1) is 10.5. The molecule has 2 nitrogen and oxygen atoms in total. The van der Waals surface area contributed by atoms with E-state index in [1.54, 1.807) is 11.3 Å². The topological polar surface area (TPSA) is 23.5 Å². The Balaban J connectivity index is 1.99. The Bertz CT molecular complexity index is 322. The van der Waals surface area contributed by atoms with Gasteiger partial charge in [-0.05, 0) is 40.9 Å². The summed E-state index contributed by atoms with van der Waals surface area (Å²) in [6, 6.07) is 4.18. The van der Waals surface area contributed by atoms with Crippen LogP contribution in [0.15, 0.2) is 15.9 Å². The Kier molecular flexibility index (Phi) is 2.86. The van der Waals surface area contributed by atoms with Gasteiger partial charge in [-0.3, -0.25) is 0 Å². The van der Waals surface area contributed by atoms with E-state index in [1.807, 2.05) is 0 Å². The molecule has 1 fully saturated rings. The van der Waals surface area contributed by atoms with Gasteiger partial charge >= 0.3 is 0 Å². The second-order valence-electron chi connectivity index (χ2n) is 4.09. The maximum atomic E-state index is 9.23. The van der Waals surface area contributed by atoms with Gasteiger partial charge in [0.2, 0.25) is 0 Å². The van der Waals surface area contributed by atoms with Crippen LogP contribution in [0, 0.1) is 5.41 Å². The van der Waals surface area contributed by atoms with E-state index in [-0.39, 0.29) is 5.41 Å². The lowest BCUT2D eigenvalue weighted by Gasteiger charge is -2.22. The third-order valence-corrected chi connectivity index (χ3v) is 4.54. The van der Waals surface area contributed by atoms with E-state index in [2.05, 4.69) is 40.0 Å². The zero-order valence-corrected chi connectivity index (χ0v) is 10.6. The summed E-state index contributed by atoms with van der Waals surface area (Å²) < 4.78 is 1.16. The van der Waals surface area contributed by atoms with Gasteiger partial charge in [-0.15, -0.1) is 11.3 Å². The molecule has 14 heavy (non-hydrogen) atoms. The second-order valence-corrected chi connectivity index (χ2v) is 6.53. The SMILES string of the molecule is CN(CC1(CO)CC1)c1ccc(Br)s1. The van der Waals surface area contributed by atoms with Crippen LogP contribution in [0.5, 0.6) is 0 Å². The fraction of sp³-hybridized carbons (Fsp3) is 0.600. The number of nitrogens with zero attached hydrogens (tertiary/aromatic N) is 1. The molecule has 0 bridgehead atoms. The average molecular weight is 276 g/mol. The van der Waals surface area contributed by atoms with Crippen LogP contribution in [0.1, 0.15) is 12.8 Å². The smallest absolute Gasteiger partial charge is 0.0917 e. The quantitative estimate of drug-likeness (QED) is 0.914. The Labute approximate surface area is 96.7 Å². The normalized spacial score (nSPS) is 18.2. The van der Waals surface area contributed by atoms with Gasteiger partial charge in [-0.2, -0.15) is 0 Å². The summed E-state index contributed by atoms with van der Waals surface area (Å²) in [5.74, 6) is 0. The third-order valence-electron chi connectivity index (χ3n) is 2.80. The molecule has 0 aromatic carbocycles. The standard InChI is InChI=1S/C10H14BrNOS/c1-12(6-10(7-13)4-5-10)9-3-2-8(11)14-9/h2-3,13H,4-7H2,1H3. The molecular formula is C10H14BrNOS. The van der Waals surface area contributed by atoms with Crippen LogP contribution in [0.2, 0.25) is 0 Å². The van der Waals surface area contributed by atoms with Crippen molar-refractivity contribution >= 4 is 32.3 Å². The Morgan fingerprint density at radius 2 is 2.29 bits per heavy atom. The van der Waals surface area contributed by atoms with Crippen molar-refractivity contribution in [3.63, 3.8) is 0 Å². The van der Waals surface area contributed by atoms with Gasteiger partial charge < -0.3 is 10.0 Å². The van der Waals surface area contributed by atoms with Gasteiger partial charge in [0.25, 0.3) is 0 Å². The minimum atomic E-state index is 0.200. The second kappa shape index (κ2) is 3.83. The van der Waals surface area contributed by atoms with Crippen LogP contribution in [0.25, 0.3) is 0 Å². The molecule has 2 rings (SSSR count). The molecular weight excluding hydrogens is 262 g/mol. The first-order valence-corrected chi connectivity index (χ1v) is 6.33. The number of thiophene rings is 1. The number of hydrogen-bond acceptors (Lipinski definition) is 3. The maximum absolute atomic E-state index is 9.23. The summed E-state index contributed by atoms with van der Waals surface area (Å²) in [5, 5.41) is 10.5. The highest BCUT2D eigenvalue weighted by atomic mass is 79.9. The summed E-state index contributed by atoms with van der Waals surface area (Å²) >= 11 is 5.19. The van der Waals surface area contributed by atoms with E-state index in [9.17, 15) is 5.11 Å². The number of aliphatic hydroxyl groups excluding tert-OH is 1. The van der Waals surface area contributed by atoms with Crippen LogP contribution < -0.4 is 4.90 Å². The Morgan fingerprint density at radius 1 is 1.57 bits per heavy atom. The van der Waals surface area contributed by atoms with Crippen LogP contribution in [0.4, 0.5) is 5.00 Å². The minimum absolute atomic E-state index is 0.200. The molecule has 0 atom stereocenters. The molecule has 0 spiro atoms. The number of halogens is 1. The summed E-state index contributed by atoms with van der Waals surface area (Å²) in [5.41, 5.74) is 0.200. The summed E-state index contributed by atoms with van der Waals surface area (Å²) in [7, 11) is 2.09. The lowest BCUT2D eigenvalue weighted by Crippen LogP contribution is -2.27. The number of hydrogen-bond donors (Lipinski definition) is 1. The van der Waals surface area contributed by atoms with E-state index in [0.717, 1.165) is 10.3 Å². The first-order chi connectivity index (χ1) is 6.65. The predicted molar refractivity (Wildman–Crippen MR) is 64.0 cm³/mol. The average Bonchev–Trinajstić information content (AvgIpc) is 2.80. The Hall–Kier alpha value is -0.0600. The third kappa shape index (κ3) is 2.12. The molecule has 0 saturated heterocycles. The van der Waals surface area contributed by atoms with Crippen molar-refractivity contribution in [1.29, 1.82) is 0 Å². The molecule has 4 heteroatoms. The van der Waals surface area contributed by atoms with Crippen molar-refractivity contribution in [3.05, 3.63) is 15.9 Å². The van der Waals surface area contributed by atoms with E-state index in [1.165, 1.54) is 17.8 Å². The molecule has 0 aliphatic heterocycles. The van der Waals surface area contributed by atoms with Crippen molar-refractivity contribution in [2.75, 3.05) is 25.1 Å². The van der Waals surface area contributed by atoms with Gasteiger partial charge in [0.1, 0.15) is 0 Å². The molecule has 1 N–H and O–H groups in total. The van der Waals surface area contributed by atoms with Crippen molar-refractivity contribution in [1.82, 2.24) is 0 Å². The van der Waals surface area contributed by atoms with Crippen molar-refractivity contribution in [3.8, 4) is 0 Å². The molecule has 0 unspecified atom stereocenters. The molecule has 1 saturated carbocycles. The summed E-state index contributed by atoms with van der Waals surface area (Å²) in [4.78, 5) is 2.23. The van der Waals surface area contributed by atoms with Crippen molar-refractivity contribution in [2.45, 2.75) is 12.8 Å². The molecule has 1 aromatic rings. The summed E-state index contributed by atoms with van der Waals surface area (Å²) in [6.07, 6.45) is 2.33. The van der Waals surface area contributed by atoms with E-state index < -0.39 is 0 Å². The zero-order chi connectivity index (χ0) is 10.2. The highest BCUT2D eigenvalue weighted by Gasteiger charge is 2.42. The highest BCUT2D eigenvalue weighted by Crippen LogP contribution is 2.46. The monoisotopic (exact) mass is 275 g/mol. The van der Waals surface area contributed by atoms with Gasteiger partial charge in [0.05, 0.1) is 15.4 Å². The number of rotatable bonds is 4.